The van der Waals surface area contributed by atoms with Gasteiger partial charge in [0, 0.05) is 0 Å². The molecule has 1 aromatic heterocycles. The molecule has 2 aromatic rings. The summed E-state index contributed by atoms with van der Waals surface area (Å²) in [7, 11) is 1.63. The van der Waals surface area contributed by atoms with Crippen LogP contribution in [-0.4, -0.2) is 22.3 Å². The number of aryl methyl sites for hydroxylation is 1. The second-order valence-corrected chi connectivity index (χ2v) is 3.53. The van der Waals surface area contributed by atoms with Crippen molar-refractivity contribution in [2.24, 2.45) is 5.73 Å². The zero-order valence-corrected chi connectivity index (χ0v) is 9.27. The van der Waals surface area contributed by atoms with Crippen molar-refractivity contribution in [3.8, 4) is 5.75 Å². The van der Waals surface area contributed by atoms with Gasteiger partial charge in [0.15, 0.2) is 5.82 Å². The molecule has 5 heteroatoms. The molecule has 0 unspecified atom stereocenters. The highest BCUT2D eigenvalue weighted by atomic mass is 16.5. The Balaban J connectivity index is 2.23. The molecule has 16 heavy (non-hydrogen) atoms. The summed E-state index contributed by atoms with van der Waals surface area (Å²) in [6, 6.07) is 7.25. The lowest BCUT2D eigenvalue weighted by Gasteiger charge is -2.08. The van der Waals surface area contributed by atoms with Gasteiger partial charge >= 0.3 is 0 Å². The lowest BCUT2D eigenvalue weighted by molar-refractivity contribution is 0.414. The molecule has 0 aliphatic carbocycles. The first-order valence-electron chi connectivity index (χ1n) is 4.99. The Bertz CT molecular complexity index is 463. The maximum absolute atomic E-state index is 6.04. The fourth-order valence-electron chi connectivity index (χ4n) is 1.46. The van der Waals surface area contributed by atoms with E-state index < -0.39 is 0 Å². The van der Waals surface area contributed by atoms with Crippen molar-refractivity contribution >= 4 is 0 Å². The number of aromatic nitrogens is 3. The van der Waals surface area contributed by atoms with Crippen LogP contribution in [0.3, 0.4) is 0 Å². The largest absolute Gasteiger partial charge is 0.497 e. The van der Waals surface area contributed by atoms with Crippen molar-refractivity contribution in [1.82, 2.24) is 15.2 Å². The van der Waals surface area contributed by atoms with Gasteiger partial charge in [-0.05, 0) is 24.6 Å². The third-order valence-electron chi connectivity index (χ3n) is 2.37. The van der Waals surface area contributed by atoms with Crippen LogP contribution in [-0.2, 0) is 0 Å². The molecule has 5 nitrogen and oxygen atoms in total. The van der Waals surface area contributed by atoms with Crippen molar-refractivity contribution in [1.29, 1.82) is 0 Å². The van der Waals surface area contributed by atoms with E-state index in [1.54, 1.807) is 7.11 Å². The molecule has 1 atom stereocenters. The Labute approximate surface area is 93.7 Å². The summed E-state index contributed by atoms with van der Waals surface area (Å²) in [5.74, 6) is 2.17. The number of nitrogens with zero attached hydrogens (tertiary/aromatic N) is 2. The Morgan fingerprint density at radius 1 is 1.31 bits per heavy atom. The smallest absolute Gasteiger partial charge is 0.171 e. The molecule has 1 aromatic carbocycles. The van der Waals surface area contributed by atoms with Crippen LogP contribution < -0.4 is 10.5 Å². The van der Waals surface area contributed by atoms with Gasteiger partial charge in [0.25, 0.3) is 0 Å². The normalized spacial score (nSPS) is 12.4. The molecule has 2 rings (SSSR count). The van der Waals surface area contributed by atoms with E-state index in [0.717, 1.165) is 17.1 Å². The highest BCUT2D eigenvalue weighted by Gasteiger charge is 2.13. The van der Waals surface area contributed by atoms with Crippen molar-refractivity contribution in [3.05, 3.63) is 41.5 Å². The Kier molecular flexibility index (Phi) is 2.87. The molecule has 0 fully saturated rings. The third kappa shape index (κ3) is 2.04. The topological polar surface area (TPSA) is 76.8 Å². The second-order valence-electron chi connectivity index (χ2n) is 3.53. The maximum atomic E-state index is 6.04. The highest BCUT2D eigenvalue weighted by Crippen LogP contribution is 2.19. The molecule has 0 amide bonds. The number of aromatic amines is 1. The fraction of sp³-hybridized carbons (Fsp3) is 0.273. The zero-order chi connectivity index (χ0) is 11.5. The van der Waals surface area contributed by atoms with E-state index >= 15 is 0 Å². The number of rotatable bonds is 3. The van der Waals surface area contributed by atoms with Crippen LogP contribution in [0.5, 0.6) is 5.75 Å². The lowest BCUT2D eigenvalue weighted by Crippen LogP contribution is -2.13. The molecular weight excluding hydrogens is 204 g/mol. The van der Waals surface area contributed by atoms with E-state index in [1.165, 1.54) is 0 Å². The molecule has 0 saturated heterocycles. The summed E-state index contributed by atoms with van der Waals surface area (Å²) >= 11 is 0. The van der Waals surface area contributed by atoms with Crippen LogP contribution in [0.1, 0.15) is 23.3 Å². The Morgan fingerprint density at radius 2 is 2.00 bits per heavy atom. The molecule has 0 radical (unpaired) electrons. The average molecular weight is 218 g/mol. The summed E-state index contributed by atoms with van der Waals surface area (Å²) in [6.07, 6.45) is 0. The molecule has 0 aliphatic heterocycles. The fourth-order valence-corrected chi connectivity index (χ4v) is 1.46. The number of ether oxygens (including phenoxy) is 1. The van der Waals surface area contributed by atoms with E-state index in [-0.39, 0.29) is 6.04 Å². The van der Waals surface area contributed by atoms with Crippen LogP contribution in [0.25, 0.3) is 0 Å². The molecule has 0 saturated carbocycles. The highest BCUT2D eigenvalue weighted by molar-refractivity contribution is 5.31. The summed E-state index contributed by atoms with van der Waals surface area (Å²) < 4.78 is 5.08. The molecular formula is C11H14N4O. The van der Waals surface area contributed by atoms with Crippen molar-refractivity contribution in [2.75, 3.05) is 7.11 Å². The van der Waals surface area contributed by atoms with Crippen LogP contribution in [0.15, 0.2) is 24.3 Å². The minimum absolute atomic E-state index is 0.309. The predicted molar refractivity (Wildman–Crippen MR) is 60.1 cm³/mol. The number of H-pyrrole nitrogens is 1. The first kappa shape index (κ1) is 10.6. The molecule has 0 aliphatic rings. The van der Waals surface area contributed by atoms with Gasteiger partial charge in [0.1, 0.15) is 11.6 Å². The molecule has 3 N–H and O–H groups in total. The third-order valence-corrected chi connectivity index (χ3v) is 2.37. The monoisotopic (exact) mass is 218 g/mol. The first-order chi connectivity index (χ1) is 7.70. The van der Waals surface area contributed by atoms with Gasteiger partial charge < -0.3 is 10.5 Å². The second kappa shape index (κ2) is 4.32. The van der Waals surface area contributed by atoms with Gasteiger partial charge in [-0.1, -0.05) is 12.1 Å². The summed E-state index contributed by atoms with van der Waals surface area (Å²) in [5, 5.41) is 6.82. The number of nitrogens with two attached hydrogens (primary N) is 1. The molecule has 0 spiro atoms. The molecule has 1 heterocycles. The van der Waals surface area contributed by atoms with Crippen LogP contribution in [0.4, 0.5) is 0 Å². The van der Waals surface area contributed by atoms with Gasteiger partial charge in [-0.15, -0.1) is 0 Å². The summed E-state index contributed by atoms with van der Waals surface area (Å²) in [6.45, 7) is 1.84. The summed E-state index contributed by atoms with van der Waals surface area (Å²) in [4.78, 5) is 4.21. The standard InChI is InChI=1S/C11H14N4O/c1-7-13-11(15-14-7)10(12)8-3-5-9(16-2)6-4-8/h3-6,10H,12H2,1-2H3,(H,13,14,15)/t10-/m1/s1. The van der Waals surface area contributed by atoms with Gasteiger partial charge in [-0.3, -0.25) is 5.10 Å². The van der Waals surface area contributed by atoms with E-state index in [9.17, 15) is 0 Å². The number of benzene rings is 1. The number of nitrogens with one attached hydrogen (secondary N) is 1. The predicted octanol–water partition coefficient (Wildman–Crippen LogP) is 1.17. The van der Waals surface area contributed by atoms with Gasteiger partial charge in [-0.25, -0.2) is 4.98 Å². The van der Waals surface area contributed by atoms with Crippen LogP contribution in [0.2, 0.25) is 0 Å². The van der Waals surface area contributed by atoms with Gasteiger partial charge in [-0.2, -0.15) is 5.10 Å². The van der Waals surface area contributed by atoms with Crippen molar-refractivity contribution < 1.29 is 4.74 Å². The van der Waals surface area contributed by atoms with E-state index in [4.69, 9.17) is 10.5 Å². The minimum atomic E-state index is -0.309. The van der Waals surface area contributed by atoms with Crippen LogP contribution >= 0.6 is 0 Å². The van der Waals surface area contributed by atoms with Crippen LogP contribution in [0, 0.1) is 6.92 Å². The Morgan fingerprint density at radius 3 is 2.50 bits per heavy atom. The number of hydrogen-bond donors (Lipinski definition) is 2. The molecule has 84 valence electrons. The average Bonchev–Trinajstić information content (AvgIpc) is 2.75. The number of hydrogen-bond acceptors (Lipinski definition) is 4. The van der Waals surface area contributed by atoms with E-state index in [0.29, 0.717) is 5.82 Å². The Hall–Kier alpha value is -1.88. The maximum Gasteiger partial charge on any atom is 0.171 e. The van der Waals surface area contributed by atoms with Crippen molar-refractivity contribution in [2.45, 2.75) is 13.0 Å². The van der Waals surface area contributed by atoms with E-state index in [2.05, 4.69) is 15.2 Å². The van der Waals surface area contributed by atoms with Crippen molar-refractivity contribution in [3.63, 3.8) is 0 Å². The SMILES string of the molecule is COc1ccc([C@@H](N)c2n[nH]c(C)n2)cc1. The number of methoxy groups -OCH3 is 1. The zero-order valence-electron chi connectivity index (χ0n) is 9.27. The summed E-state index contributed by atoms with van der Waals surface area (Å²) in [5.41, 5.74) is 6.99. The first-order valence-corrected chi connectivity index (χ1v) is 4.99. The van der Waals surface area contributed by atoms with Gasteiger partial charge in [0.2, 0.25) is 0 Å². The van der Waals surface area contributed by atoms with E-state index in [1.807, 2.05) is 31.2 Å². The molecule has 0 bridgehead atoms. The quantitative estimate of drug-likeness (QED) is 0.810. The van der Waals surface area contributed by atoms with Gasteiger partial charge in [0.05, 0.1) is 13.2 Å². The lowest BCUT2D eigenvalue weighted by atomic mass is 10.1. The minimum Gasteiger partial charge on any atom is -0.497 e.